The van der Waals surface area contributed by atoms with Crippen LogP contribution in [0.3, 0.4) is 0 Å². The topological polar surface area (TPSA) is 134 Å². The van der Waals surface area contributed by atoms with Crippen LogP contribution < -0.4 is 10.6 Å². The van der Waals surface area contributed by atoms with Gasteiger partial charge in [0.2, 0.25) is 5.91 Å². The van der Waals surface area contributed by atoms with Crippen LogP contribution in [0, 0.1) is 10.1 Å². The lowest BCUT2D eigenvalue weighted by Crippen LogP contribution is -2.27. The molecule has 0 spiro atoms. The third kappa shape index (κ3) is 4.13. The number of aromatic carboxylic acids is 1. The minimum atomic E-state index is -1.32. The molecule has 1 heterocycles. The van der Waals surface area contributed by atoms with Gasteiger partial charge in [0.25, 0.3) is 5.69 Å². The summed E-state index contributed by atoms with van der Waals surface area (Å²) in [6, 6.07) is 1.20. The summed E-state index contributed by atoms with van der Waals surface area (Å²) in [6.45, 7) is 0.198. The molecule has 0 unspecified atom stereocenters. The summed E-state index contributed by atoms with van der Waals surface area (Å²) >= 11 is 0. The number of carbonyl (C=O) groups is 2. The van der Waals surface area contributed by atoms with Crippen LogP contribution in [-0.4, -0.2) is 39.5 Å². The first-order valence-electron chi connectivity index (χ1n) is 6.38. The molecule has 0 atom stereocenters. The number of hydrogen-bond acceptors (Lipinski definition) is 6. The predicted molar refractivity (Wildman–Crippen MR) is 72.1 cm³/mol. The molecule has 1 aromatic rings. The number of rotatable bonds is 7. The van der Waals surface area contributed by atoms with Crippen molar-refractivity contribution in [2.75, 3.05) is 11.9 Å². The maximum Gasteiger partial charge on any atom is 0.339 e. The summed E-state index contributed by atoms with van der Waals surface area (Å²) in [4.78, 5) is 36.1. The second-order valence-electron chi connectivity index (χ2n) is 4.67. The van der Waals surface area contributed by atoms with Crippen molar-refractivity contribution in [1.29, 1.82) is 0 Å². The van der Waals surface area contributed by atoms with Crippen molar-refractivity contribution in [3.05, 3.63) is 27.9 Å². The van der Waals surface area contributed by atoms with Crippen LogP contribution >= 0.6 is 0 Å². The van der Waals surface area contributed by atoms with Gasteiger partial charge in [0.15, 0.2) is 0 Å². The molecule has 0 saturated heterocycles. The Hall–Kier alpha value is -2.71. The molecule has 0 radical (unpaired) electrons. The molecule has 0 bridgehead atoms. The van der Waals surface area contributed by atoms with Gasteiger partial charge in [-0.25, -0.2) is 9.78 Å². The van der Waals surface area contributed by atoms with Gasteiger partial charge >= 0.3 is 5.97 Å². The summed E-state index contributed by atoms with van der Waals surface area (Å²) in [5.41, 5.74) is -0.698. The Morgan fingerprint density at radius 3 is 2.76 bits per heavy atom. The van der Waals surface area contributed by atoms with Crippen LogP contribution in [0.5, 0.6) is 0 Å². The van der Waals surface area contributed by atoms with Crippen molar-refractivity contribution in [1.82, 2.24) is 10.3 Å². The Morgan fingerprint density at radius 1 is 1.48 bits per heavy atom. The van der Waals surface area contributed by atoms with Crippen molar-refractivity contribution in [3.8, 4) is 0 Å². The highest BCUT2D eigenvalue weighted by Crippen LogP contribution is 2.20. The summed E-state index contributed by atoms with van der Waals surface area (Å²) in [5.74, 6) is -1.44. The van der Waals surface area contributed by atoms with Crippen molar-refractivity contribution in [2.24, 2.45) is 0 Å². The van der Waals surface area contributed by atoms with Crippen molar-refractivity contribution >= 4 is 23.4 Å². The molecule has 1 aromatic heterocycles. The van der Waals surface area contributed by atoms with E-state index in [-0.39, 0.29) is 36.3 Å². The van der Waals surface area contributed by atoms with Gasteiger partial charge in [-0.1, -0.05) is 0 Å². The molecule has 0 aromatic carbocycles. The lowest BCUT2D eigenvalue weighted by atomic mass is 10.2. The predicted octanol–water partition coefficient (Wildman–Crippen LogP) is 0.769. The standard InChI is InChI=1S/C12H14N4O5/c17-10(15-7-1-2-7)3-4-13-11-9(12(18)19)5-8(6-14-11)16(20)21/h5-7H,1-4H2,(H,13,14)(H,15,17)(H,18,19). The van der Waals surface area contributed by atoms with E-state index < -0.39 is 16.6 Å². The molecule has 9 heteroatoms. The number of aromatic nitrogens is 1. The minimum absolute atomic E-state index is 0.00678. The zero-order valence-corrected chi connectivity index (χ0v) is 11.0. The second kappa shape index (κ2) is 6.16. The number of pyridine rings is 1. The molecule has 1 saturated carbocycles. The number of carboxylic acid groups (broad SMARTS) is 1. The molecule has 3 N–H and O–H groups in total. The van der Waals surface area contributed by atoms with Crippen molar-refractivity contribution < 1.29 is 19.6 Å². The van der Waals surface area contributed by atoms with Gasteiger partial charge in [-0.15, -0.1) is 0 Å². The molecule has 2 rings (SSSR count). The molecule has 112 valence electrons. The zero-order valence-electron chi connectivity index (χ0n) is 11.0. The average Bonchev–Trinajstić information content (AvgIpc) is 3.22. The molecule has 9 nitrogen and oxygen atoms in total. The van der Waals surface area contributed by atoms with Crippen LogP contribution in [0.15, 0.2) is 12.3 Å². The first-order valence-corrected chi connectivity index (χ1v) is 6.38. The van der Waals surface area contributed by atoms with E-state index in [0.717, 1.165) is 25.1 Å². The molecule has 0 aliphatic heterocycles. The maximum absolute atomic E-state index is 11.5. The molecule has 1 aliphatic rings. The Balaban J connectivity index is 1.96. The fourth-order valence-corrected chi connectivity index (χ4v) is 1.68. The largest absolute Gasteiger partial charge is 0.478 e. The molecule has 1 amide bonds. The number of carbonyl (C=O) groups excluding carboxylic acids is 1. The second-order valence-corrected chi connectivity index (χ2v) is 4.67. The van der Waals surface area contributed by atoms with Crippen LogP contribution in [-0.2, 0) is 4.79 Å². The van der Waals surface area contributed by atoms with E-state index in [9.17, 15) is 19.7 Å². The number of hydrogen-bond donors (Lipinski definition) is 3. The number of nitrogens with zero attached hydrogens (tertiary/aromatic N) is 2. The third-order valence-electron chi connectivity index (χ3n) is 2.90. The number of anilines is 1. The molecule has 1 aliphatic carbocycles. The van der Waals surface area contributed by atoms with Crippen LogP contribution in [0.2, 0.25) is 0 Å². The Bertz CT molecular complexity index is 585. The van der Waals surface area contributed by atoms with Gasteiger partial charge < -0.3 is 15.7 Å². The highest BCUT2D eigenvalue weighted by atomic mass is 16.6. The Labute approximate surface area is 119 Å². The van der Waals surface area contributed by atoms with Crippen LogP contribution in [0.4, 0.5) is 11.5 Å². The normalized spacial score (nSPS) is 13.5. The first-order chi connectivity index (χ1) is 9.97. The molecule has 21 heavy (non-hydrogen) atoms. The fraction of sp³-hybridized carbons (Fsp3) is 0.417. The smallest absolute Gasteiger partial charge is 0.339 e. The highest BCUT2D eigenvalue weighted by Gasteiger charge is 2.23. The third-order valence-corrected chi connectivity index (χ3v) is 2.90. The molecule has 1 fully saturated rings. The summed E-state index contributed by atoms with van der Waals surface area (Å²) in [6.07, 6.45) is 3.13. The quantitative estimate of drug-likeness (QED) is 0.499. The molecular formula is C12H14N4O5. The van der Waals surface area contributed by atoms with Gasteiger partial charge in [0.1, 0.15) is 17.6 Å². The van der Waals surface area contributed by atoms with Crippen LogP contribution in [0.1, 0.15) is 29.6 Å². The van der Waals surface area contributed by atoms with E-state index >= 15 is 0 Å². The maximum atomic E-state index is 11.5. The monoisotopic (exact) mass is 294 g/mol. The van der Waals surface area contributed by atoms with Gasteiger partial charge in [0, 0.05) is 25.1 Å². The van der Waals surface area contributed by atoms with E-state index in [1.807, 2.05) is 0 Å². The van der Waals surface area contributed by atoms with Gasteiger partial charge in [-0.05, 0) is 12.8 Å². The number of amides is 1. The summed E-state index contributed by atoms with van der Waals surface area (Å²) < 4.78 is 0. The first kappa shape index (κ1) is 14.7. The highest BCUT2D eigenvalue weighted by molar-refractivity contribution is 5.93. The van der Waals surface area contributed by atoms with E-state index in [2.05, 4.69) is 15.6 Å². The van der Waals surface area contributed by atoms with Gasteiger partial charge in [-0.2, -0.15) is 0 Å². The van der Waals surface area contributed by atoms with Gasteiger partial charge in [-0.3, -0.25) is 14.9 Å². The van der Waals surface area contributed by atoms with Crippen LogP contribution in [0.25, 0.3) is 0 Å². The lowest BCUT2D eigenvalue weighted by Gasteiger charge is -2.08. The van der Waals surface area contributed by atoms with E-state index in [1.165, 1.54) is 0 Å². The Kier molecular flexibility index (Phi) is 4.31. The molecular weight excluding hydrogens is 280 g/mol. The average molecular weight is 294 g/mol. The fourth-order valence-electron chi connectivity index (χ4n) is 1.68. The summed E-state index contributed by atoms with van der Waals surface area (Å²) in [5, 5.41) is 25.1. The number of nitrogens with one attached hydrogen (secondary N) is 2. The minimum Gasteiger partial charge on any atom is -0.478 e. The number of carboxylic acids is 1. The van der Waals surface area contributed by atoms with E-state index in [0.29, 0.717) is 0 Å². The SMILES string of the molecule is O=C(CCNc1ncc([N+](=O)[O-])cc1C(=O)O)NC1CC1. The lowest BCUT2D eigenvalue weighted by molar-refractivity contribution is -0.385. The Morgan fingerprint density at radius 2 is 2.19 bits per heavy atom. The van der Waals surface area contributed by atoms with Gasteiger partial charge in [0.05, 0.1) is 4.92 Å². The van der Waals surface area contributed by atoms with Crippen molar-refractivity contribution in [3.63, 3.8) is 0 Å². The summed E-state index contributed by atoms with van der Waals surface area (Å²) in [7, 11) is 0. The van der Waals surface area contributed by atoms with E-state index in [4.69, 9.17) is 5.11 Å². The van der Waals surface area contributed by atoms with Crippen molar-refractivity contribution in [2.45, 2.75) is 25.3 Å². The van der Waals surface area contributed by atoms with E-state index in [1.54, 1.807) is 0 Å². The zero-order chi connectivity index (χ0) is 15.4. The number of nitro groups is 1.